The Morgan fingerprint density at radius 1 is 1.25 bits per heavy atom. The molecular formula is C23H36O4S. The number of carbonyl (C=O) groups is 2. The Morgan fingerprint density at radius 2 is 2.00 bits per heavy atom. The lowest BCUT2D eigenvalue weighted by Crippen LogP contribution is -2.05. The summed E-state index contributed by atoms with van der Waals surface area (Å²) in [6.07, 6.45) is 18.6. The number of rotatable bonds is 14. The summed E-state index contributed by atoms with van der Waals surface area (Å²) in [5.74, 6) is -0.0655. The van der Waals surface area contributed by atoms with Gasteiger partial charge in [-0.05, 0) is 31.9 Å². The minimum Gasteiger partial charge on any atom is -0.469 e. The number of allylic oxidation sites excluding steroid dienone is 5. The molecule has 0 spiro atoms. The lowest BCUT2D eigenvalue weighted by atomic mass is 9.98. The zero-order chi connectivity index (χ0) is 20.8. The third-order valence-electron chi connectivity index (χ3n) is 4.97. The molecular weight excluding hydrogens is 372 g/mol. The minimum atomic E-state index is -0.440. The number of aliphatic hydroxyl groups is 1. The van der Waals surface area contributed by atoms with Crippen molar-refractivity contribution in [1.82, 2.24) is 0 Å². The summed E-state index contributed by atoms with van der Waals surface area (Å²) in [7, 11) is 1.42. The molecule has 0 bridgehead atoms. The Kier molecular flexibility index (Phi) is 12.9. The van der Waals surface area contributed by atoms with Crippen molar-refractivity contribution in [2.24, 2.45) is 5.92 Å². The van der Waals surface area contributed by atoms with Crippen LogP contribution in [0.2, 0.25) is 0 Å². The van der Waals surface area contributed by atoms with Crippen LogP contribution in [0.5, 0.6) is 0 Å². The maximum absolute atomic E-state index is 12.6. The highest BCUT2D eigenvalue weighted by Crippen LogP contribution is 2.33. The summed E-state index contributed by atoms with van der Waals surface area (Å²) in [6.45, 7) is 2.15. The summed E-state index contributed by atoms with van der Waals surface area (Å²) in [5.41, 5.74) is 0.830. The smallest absolute Gasteiger partial charge is 0.305 e. The monoisotopic (exact) mass is 408 g/mol. The molecule has 0 aromatic rings. The van der Waals surface area contributed by atoms with E-state index in [1.807, 2.05) is 24.5 Å². The van der Waals surface area contributed by atoms with Gasteiger partial charge in [-0.2, -0.15) is 0 Å². The number of hydrogen-bond donors (Lipinski definition) is 1. The molecule has 1 aliphatic rings. The standard InChI is InChI=1S/C23H36O4S/c1-4-5-9-12-19(24)16-15-18-17-21(28-3)23(26)20(18)13-10-7-6-8-11-14-22(25)27-2/h13,15-19,24H,4-12,14H2,1-3H3/b16-15+,20-13+. The maximum atomic E-state index is 12.6. The summed E-state index contributed by atoms with van der Waals surface area (Å²) in [6, 6.07) is 0. The number of aliphatic hydroxyl groups excluding tert-OH is 1. The molecule has 0 heterocycles. The van der Waals surface area contributed by atoms with Crippen LogP contribution in [-0.2, 0) is 14.3 Å². The molecule has 158 valence electrons. The van der Waals surface area contributed by atoms with Crippen LogP contribution in [0.4, 0.5) is 0 Å². The molecule has 0 saturated carbocycles. The highest BCUT2D eigenvalue weighted by Gasteiger charge is 2.27. The predicted molar refractivity (Wildman–Crippen MR) is 117 cm³/mol. The van der Waals surface area contributed by atoms with Crippen LogP contribution in [0.15, 0.2) is 34.8 Å². The first-order valence-corrected chi connectivity index (χ1v) is 11.7. The van der Waals surface area contributed by atoms with E-state index in [9.17, 15) is 14.7 Å². The Labute approximate surface area is 174 Å². The van der Waals surface area contributed by atoms with Gasteiger partial charge >= 0.3 is 5.97 Å². The molecule has 0 fully saturated rings. The number of carbonyl (C=O) groups excluding carboxylic acids is 2. The van der Waals surface area contributed by atoms with Crippen molar-refractivity contribution in [2.75, 3.05) is 13.4 Å². The first kappa shape index (κ1) is 24.7. The second-order valence-electron chi connectivity index (χ2n) is 7.23. The van der Waals surface area contributed by atoms with E-state index in [-0.39, 0.29) is 17.7 Å². The number of esters is 1. The molecule has 2 atom stereocenters. The van der Waals surface area contributed by atoms with Gasteiger partial charge < -0.3 is 9.84 Å². The average Bonchev–Trinajstić information content (AvgIpc) is 3.00. The molecule has 5 heteroatoms. The Hall–Kier alpha value is -1.33. The molecule has 1 aliphatic carbocycles. The normalized spacial score (nSPS) is 19.4. The second kappa shape index (κ2) is 14.6. The molecule has 28 heavy (non-hydrogen) atoms. The van der Waals surface area contributed by atoms with E-state index in [1.165, 1.54) is 18.9 Å². The first-order valence-electron chi connectivity index (χ1n) is 10.5. The number of hydrogen-bond acceptors (Lipinski definition) is 5. The lowest BCUT2D eigenvalue weighted by molar-refractivity contribution is -0.140. The molecule has 0 amide bonds. The van der Waals surface area contributed by atoms with E-state index < -0.39 is 6.10 Å². The number of unbranched alkanes of at least 4 members (excludes halogenated alkanes) is 6. The molecule has 2 unspecified atom stereocenters. The highest BCUT2D eigenvalue weighted by atomic mass is 32.2. The number of thioether (sulfide) groups is 1. The van der Waals surface area contributed by atoms with Crippen LogP contribution >= 0.6 is 11.8 Å². The number of ether oxygens (including phenoxy) is 1. The van der Waals surface area contributed by atoms with Crippen molar-refractivity contribution in [2.45, 2.75) is 77.2 Å². The van der Waals surface area contributed by atoms with Crippen LogP contribution in [0.25, 0.3) is 0 Å². The van der Waals surface area contributed by atoms with Crippen molar-refractivity contribution < 1.29 is 19.4 Å². The molecule has 0 saturated heterocycles. The summed E-state index contributed by atoms with van der Waals surface area (Å²) in [5, 5.41) is 10.1. The first-order chi connectivity index (χ1) is 13.5. The molecule has 0 radical (unpaired) electrons. The predicted octanol–water partition coefficient (Wildman–Crippen LogP) is 5.37. The highest BCUT2D eigenvalue weighted by molar-refractivity contribution is 8.03. The van der Waals surface area contributed by atoms with Gasteiger partial charge in [0, 0.05) is 17.9 Å². The summed E-state index contributed by atoms with van der Waals surface area (Å²) < 4.78 is 4.64. The minimum absolute atomic E-state index is 0.0323. The largest absolute Gasteiger partial charge is 0.469 e. The van der Waals surface area contributed by atoms with Crippen molar-refractivity contribution >= 4 is 23.5 Å². The molecule has 0 aromatic heterocycles. The Balaban J connectivity index is 2.50. The van der Waals surface area contributed by atoms with Gasteiger partial charge in [0.2, 0.25) is 0 Å². The van der Waals surface area contributed by atoms with Gasteiger partial charge in [-0.25, -0.2) is 0 Å². The third-order valence-corrected chi connectivity index (χ3v) is 5.73. The molecule has 4 nitrogen and oxygen atoms in total. The van der Waals surface area contributed by atoms with Gasteiger partial charge in [0.1, 0.15) is 0 Å². The van der Waals surface area contributed by atoms with Gasteiger partial charge in [-0.1, -0.05) is 63.3 Å². The Bertz CT molecular complexity index is 577. The molecule has 0 aliphatic heterocycles. The Morgan fingerprint density at radius 3 is 2.68 bits per heavy atom. The zero-order valence-corrected chi connectivity index (χ0v) is 18.4. The number of ketones is 1. The van der Waals surface area contributed by atoms with Gasteiger partial charge in [-0.15, -0.1) is 11.8 Å². The van der Waals surface area contributed by atoms with Gasteiger partial charge in [-0.3, -0.25) is 9.59 Å². The van der Waals surface area contributed by atoms with E-state index in [1.54, 1.807) is 0 Å². The number of methoxy groups -OCH3 is 1. The molecule has 1 rings (SSSR count). The van der Waals surface area contributed by atoms with Crippen LogP contribution in [0.1, 0.15) is 71.1 Å². The SMILES string of the molecule is CCCCCC(O)/C=C/C1C=C(SC)C(=O)/C1=C/CCCCCCC(=O)OC. The quantitative estimate of drug-likeness (QED) is 0.181. The van der Waals surface area contributed by atoms with Gasteiger partial charge in [0.15, 0.2) is 5.78 Å². The summed E-state index contributed by atoms with van der Waals surface area (Å²) >= 11 is 1.48. The van der Waals surface area contributed by atoms with Crippen molar-refractivity contribution in [3.8, 4) is 0 Å². The van der Waals surface area contributed by atoms with Crippen molar-refractivity contribution in [3.63, 3.8) is 0 Å². The molecule has 0 aromatic carbocycles. The van der Waals surface area contributed by atoms with E-state index in [0.29, 0.717) is 6.42 Å². The lowest BCUT2D eigenvalue weighted by Gasteiger charge is -2.08. The number of Topliss-reactive ketones (excluding diaryl/α,β-unsaturated/α-hetero) is 1. The van der Waals surface area contributed by atoms with E-state index >= 15 is 0 Å². The van der Waals surface area contributed by atoms with E-state index in [0.717, 1.165) is 68.3 Å². The third kappa shape index (κ3) is 9.24. The van der Waals surface area contributed by atoms with E-state index in [2.05, 4.69) is 17.7 Å². The van der Waals surface area contributed by atoms with Crippen LogP contribution in [0.3, 0.4) is 0 Å². The van der Waals surface area contributed by atoms with Crippen LogP contribution < -0.4 is 0 Å². The topological polar surface area (TPSA) is 63.6 Å². The fourth-order valence-corrected chi connectivity index (χ4v) is 3.83. The van der Waals surface area contributed by atoms with Crippen LogP contribution in [-0.4, -0.2) is 36.3 Å². The second-order valence-corrected chi connectivity index (χ2v) is 8.07. The van der Waals surface area contributed by atoms with Crippen LogP contribution in [0, 0.1) is 5.92 Å². The fraction of sp³-hybridized carbons (Fsp3) is 0.652. The fourth-order valence-electron chi connectivity index (χ4n) is 3.25. The maximum Gasteiger partial charge on any atom is 0.305 e. The average molecular weight is 409 g/mol. The van der Waals surface area contributed by atoms with Gasteiger partial charge in [0.25, 0.3) is 0 Å². The van der Waals surface area contributed by atoms with E-state index in [4.69, 9.17) is 0 Å². The van der Waals surface area contributed by atoms with Crippen molar-refractivity contribution in [1.29, 1.82) is 0 Å². The summed E-state index contributed by atoms with van der Waals surface area (Å²) in [4.78, 5) is 24.5. The zero-order valence-electron chi connectivity index (χ0n) is 17.6. The van der Waals surface area contributed by atoms with Crippen molar-refractivity contribution in [3.05, 3.63) is 34.8 Å². The molecule has 1 N–H and O–H groups in total. The van der Waals surface area contributed by atoms with Gasteiger partial charge in [0.05, 0.1) is 18.1 Å².